The molecule has 3 aromatic rings. The van der Waals surface area contributed by atoms with E-state index in [0.29, 0.717) is 43.4 Å². The molecule has 4 N–H and O–H groups in total. The lowest BCUT2D eigenvalue weighted by atomic mass is 9.85. The van der Waals surface area contributed by atoms with E-state index in [1.54, 1.807) is 58.2 Å². The third kappa shape index (κ3) is 8.88. The fourth-order valence-electron chi connectivity index (χ4n) is 7.29. The fourth-order valence-corrected chi connectivity index (χ4v) is 8.59. The number of methoxy groups -OCH3 is 1. The van der Waals surface area contributed by atoms with Crippen LogP contribution in [0, 0.1) is 17.3 Å². The minimum absolute atomic E-state index is 0.00791. The molecule has 3 aliphatic rings. The number of fused-ring (bicyclic) bond motifs is 1. The Balaban J connectivity index is 1.34. The van der Waals surface area contributed by atoms with E-state index in [4.69, 9.17) is 19.2 Å². The van der Waals surface area contributed by atoms with Crippen LogP contribution in [0.15, 0.2) is 40.7 Å². The highest BCUT2D eigenvalue weighted by Gasteiger charge is 2.61. The van der Waals surface area contributed by atoms with Crippen LogP contribution >= 0.6 is 27.3 Å². The third-order valence-electron chi connectivity index (χ3n) is 10.7. The number of halogens is 1. The van der Waals surface area contributed by atoms with Crippen molar-refractivity contribution in [1.82, 2.24) is 25.5 Å². The van der Waals surface area contributed by atoms with Gasteiger partial charge in [-0.3, -0.25) is 14.4 Å². The average molecular weight is 870 g/mol. The van der Waals surface area contributed by atoms with Gasteiger partial charge in [-0.25, -0.2) is 19.6 Å². The van der Waals surface area contributed by atoms with Crippen LogP contribution in [0.3, 0.4) is 0 Å². The van der Waals surface area contributed by atoms with Gasteiger partial charge < -0.3 is 40.2 Å². The third-order valence-corrected chi connectivity index (χ3v) is 12.2. The van der Waals surface area contributed by atoms with Gasteiger partial charge in [-0.1, -0.05) is 40.7 Å². The van der Waals surface area contributed by atoms with Crippen LogP contribution in [0.2, 0.25) is 0 Å². The van der Waals surface area contributed by atoms with Gasteiger partial charge in [0.2, 0.25) is 17.7 Å². The zero-order valence-corrected chi connectivity index (χ0v) is 35.3. The highest BCUT2D eigenvalue weighted by molar-refractivity contribution is 9.10. The molecule has 3 heterocycles. The van der Waals surface area contributed by atoms with Gasteiger partial charge in [0, 0.05) is 35.1 Å². The van der Waals surface area contributed by atoms with Crippen molar-refractivity contribution >= 4 is 73.1 Å². The number of hydrogen-bond acceptors (Lipinski definition) is 11. The number of carbonyl (C=O) groups is 5. The molecule has 6 rings (SSSR count). The molecule has 5 atom stereocenters. The molecule has 306 valence electrons. The maximum Gasteiger partial charge on any atom is 0.408 e. The van der Waals surface area contributed by atoms with Crippen molar-refractivity contribution in [2.24, 2.45) is 17.3 Å². The summed E-state index contributed by atoms with van der Waals surface area (Å²) in [6.45, 7) is 12.6. The number of ether oxygens (including phenoxy) is 3. The SMILES string of the molecule is C=C[C@@H]1C[C@]1(NC(=O)[C@@H]1C[C@H](Oc2cc(-c3csc(NC(=O)C(C)C)n3)nc3c(Br)c(OC)ccc23)CN1C(=O)[C@H](NC(=O)OC1CCCC1)C(C)(C)C)C(=O)O. The minimum atomic E-state index is -1.54. The Kier molecular flexibility index (Phi) is 12.2. The van der Waals surface area contributed by atoms with Crippen LogP contribution in [-0.4, -0.2) is 93.2 Å². The number of thiazole rings is 1. The topological polar surface area (TPSA) is 198 Å². The molecule has 2 aliphatic carbocycles. The number of alkyl carbamates (subject to hydrolysis) is 1. The van der Waals surface area contributed by atoms with Crippen molar-refractivity contribution in [2.75, 3.05) is 19.0 Å². The average Bonchev–Trinajstić information content (AvgIpc) is 3.57. The molecular weight excluding hydrogens is 820 g/mol. The zero-order chi connectivity index (χ0) is 41.4. The second-order valence-electron chi connectivity index (χ2n) is 16.2. The number of nitrogens with one attached hydrogen (secondary N) is 3. The number of carbonyl (C=O) groups excluding carboxylic acids is 4. The molecule has 1 saturated heterocycles. The first-order valence-corrected chi connectivity index (χ1v) is 20.7. The van der Waals surface area contributed by atoms with Gasteiger partial charge in [-0.15, -0.1) is 17.9 Å². The highest BCUT2D eigenvalue weighted by atomic mass is 79.9. The number of anilines is 1. The summed E-state index contributed by atoms with van der Waals surface area (Å²) >= 11 is 4.87. The van der Waals surface area contributed by atoms with E-state index in [-0.39, 0.29) is 37.3 Å². The molecule has 17 heteroatoms. The summed E-state index contributed by atoms with van der Waals surface area (Å²) in [7, 11) is 1.54. The van der Waals surface area contributed by atoms with Gasteiger partial charge in [0.1, 0.15) is 47.0 Å². The van der Waals surface area contributed by atoms with Crippen molar-refractivity contribution in [1.29, 1.82) is 0 Å². The van der Waals surface area contributed by atoms with E-state index < -0.39 is 58.9 Å². The number of benzene rings is 1. The molecule has 3 fully saturated rings. The first kappa shape index (κ1) is 41.9. The quantitative estimate of drug-likeness (QED) is 0.141. The minimum Gasteiger partial charge on any atom is -0.495 e. The van der Waals surface area contributed by atoms with Crippen LogP contribution < -0.4 is 25.4 Å². The van der Waals surface area contributed by atoms with Crippen molar-refractivity contribution in [3.05, 3.63) is 40.7 Å². The van der Waals surface area contributed by atoms with Crippen molar-refractivity contribution < 1.29 is 43.3 Å². The van der Waals surface area contributed by atoms with Crippen molar-refractivity contribution in [3.8, 4) is 22.9 Å². The van der Waals surface area contributed by atoms with Crippen LogP contribution in [0.1, 0.15) is 73.1 Å². The van der Waals surface area contributed by atoms with Gasteiger partial charge in [0.05, 0.1) is 29.3 Å². The molecule has 0 bridgehead atoms. The molecule has 57 heavy (non-hydrogen) atoms. The lowest BCUT2D eigenvalue weighted by Crippen LogP contribution is -2.59. The largest absolute Gasteiger partial charge is 0.495 e. The number of nitrogens with zero attached hydrogens (tertiary/aromatic N) is 3. The van der Waals surface area contributed by atoms with Crippen LogP contribution in [0.5, 0.6) is 11.5 Å². The Morgan fingerprint density at radius 2 is 1.81 bits per heavy atom. The second-order valence-corrected chi connectivity index (χ2v) is 17.9. The second kappa shape index (κ2) is 16.6. The van der Waals surface area contributed by atoms with E-state index in [1.165, 1.54) is 29.4 Å². The predicted molar refractivity (Wildman–Crippen MR) is 217 cm³/mol. The predicted octanol–water partition coefficient (Wildman–Crippen LogP) is 6.30. The number of hydrogen-bond donors (Lipinski definition) is 4. The van der Waals surface area contributed by atoms with E-state index in [2.05, 4.69) is 43.4 Å². The Bertz CT molecular complexity index is 2080. The summed E-state index contributed by atoms with van der Waals surface area (Å²) in [5, 5.41) is 21.2. The lowest BCUT2D eigenvalue weighted by Gasteiger charge is -2.35. The van der Waals surface area contributed by atoms with Crippen LogP contribution in [-0.2, 0) is 23.9 Å². The van der Waals surface area contributed by atoms with E-state index in [0.717, 1.165) is 25.7 Å². The first-order valence-electron chi connectivity index (χ1n) is 19.0. The maximum absolute atomic E-state index is 14.6. The number of aromatic nitrogens is 2. The molecule has 0 unspecified atom stereocenters. The number of amides is 4. The Morgan fingerprint density at radius 3 is 2.42 bits per heavy atom. The maximum atomic E-state index is 14.6. The first-order chi connectivity index (χ1) is 26.9. The van der Waals surface area contributed by atoms with E-state index in [1.807, 2.05) is 0 Å². The van der Waals surface area contributed by atoms with Crippen molar-refractivity contribution in [3.63, 3.8) is 0 Å². The number of aliphatic carboxylic acids is 1. The molecule has 2 aromatic heterocycles. The molecule has 2 saturated carbocycles. The van der Waals surface area contributed by atoms with Crippen LogP contribution in [0.25, 0.3) is 22.3 Å². The molecular formula is C40H49BrN6O9S. The normalized spacial score (nSPS) is 22.5. The number of rotatable bonds is 13. The van der Waals surface area contributed by atoms with E-state index in [9.17, 15) is 29.1 Å². The molecule has 1 aliphatic heterocycles. The molecule has 0 spiro atoms. The summed E-state index contributed by atoms with van der Waals surface area (Å²) in [6, 6.07) is 3.01. The number of carboxylic acids is 1. The van der Waals surface area contributed by atoms with E-state index >= 15 is 0 Å². The fraction of sp³-hybridized carbons (Fsp3) is 0.525. The zero-order valence-electron chi connectivity index (χ0n) is 32.8. The molecule has 0 radical (unpaired) electrons. The molecule has 15 nitrogen and oxygen atoms in total. The van der Waals surface area contributed by atoms with Gasteiger partial charge >= 0.3 is 12.1 Å². The number of likely N-dealkylation sites (tertiary alicyclic amines) is 1. The summed E-state index contributed by atoms with van der Waals surface area (Å²) < 4.78 is 18.5. The van der Waals surface area contributed by atoms with Gasteiger partial charge in [0.25, 0.3) is 0 Å². The number of carboxylic acid groups (broad SMARTS) is 1. The molecule has 4 amide bonds. The van der Waals surface area contributed by atoms with Gasteiger partial charge in [-0.05, 0) is 65.6 Å². The highest BCUT2D eigenvalue weighted by Crippen LogP contribution is 2.45. The summed E-state index contributed by atoms with van der Waals surface area (Å²) in [5.74, 6) is -2.40. The van der Waals surface area contributed by atoms with Crippen LogP contribution in [0.4, 0.5) is 9.93 Å². The Hall–Kier alpha value is -4.77. The smallest absolute Gasteiger partial charge is 0.408 e. The summed E-state index contributed by atoms with van der Waals surface area (Å²) in [4.78, 5) is 77.5. The Labute approximate surface area is 343 Å². The van der Waals surface area contributed by atoms with Gasteiger partial charge in [0.15, 0.2) is 5.13 Å². The standard InChI is InChI=1S/C40H49BrN6O9S/c1-8-21-17-40(21,36(51)52)46-34(49)27-15-23(18-47(27)35(50)32(39(4,5)6)44-38(53)56-22-11-9-10-12-22)55-29-16-25(26-19-57-37(43-26)45-33(48)20(2)3)42-31-24(29)13-14-28(54-7)30(31)41/h8,13-14,16,19-23,27,32H,1,9-12,15,17-18H2,2-7H3,(H,44,53)(H,46,49)(H,51,52)(H,43,45,48)/t21-,23+,27+,32+,40-/m1/s1. The van der Waals surface area contributed by atoms with Gasteiger partial charge in [-0.2, -0.15) is 0 Å². The monoisotopic (exact) mass is 868 g/mol. The number of pyridine rings is 1. The lowest BCUT2D eigenvalue weighted by molar-refractivity contribution is -0.146. The Morgan fingerprint density at radius 1 is 1.09 bits per heavy atom. The summed E-state index contributed by atoms with van der Waals surface area (Å²) in [6.07, 6.45) is 3.37. The summed E-state index contributed by atoms with van der Waals surface area (Å²) in [5.41, 5.74) is -0.945. The van der Waals surface area contributed by atoms with Crippen molar-refractivity contribution in [2.45, 2.75) is 103 Å². The molecule has 1 aromatic carbocycles.